The molecule has 0 radical (unpaired) electrons. The van der Waals surface area contributed by atoms with Crippen molar-refractivity contribution in [2.75, 3.05) is 47.5 Å². The minimum absolute atomic E-state index is 0.0200. The first-order valence-corrected chi connectivity index (χ1v) is 36.4. The van der Waals surface area contributed by atoms with Gasteiger partial charge in [0.15, 0.2) is 6.10 Å². The van der Waals surface area contributed by atoms with Crippen LogP contribution in [0.1, 0.15) is 258 Å². The second-order valence-electron chi connectivity index (χ2n) is 23.8. The van der Waals surface area contributed by atoms with Gasteiger partial charge in [-0.2, -0.15) is 0 Å². The molecule has 9 nitrogen and oxygen atoms in total. The number of quaternary nitrogens is 1. The van der Waals surface area contributed by atoms with Crippen molar-refractivity contribution in [2.24, 2.45) is 0 Å². The third-order valence-corrected chi connectivity index (χ3v) is 15.2. The molecule has 0 aliphatic heterocycles. The molecular formula is C78H129NO8P+. The lowest BCUT2D eigenvalue weighted by atomic mass is 10.0. The van der Waals surface area contributed by atoms with E-state index in [4.69, 9.17) is 18.5 Å². The molecule has 0 aliphatic carbocycles. The van der Waals surface area contributed by atoms with Crippen LogP contribution in [0.3, 0.4) is 0 Å². The fourth-order valence-corrected chi connectivity index (χ4v) is 9.72. The molecule has 0 rings (SSSR count). The van der Waals surface area contributed by atoms with Crippen LogP contribution in [0.2, 0.25) is 0 Å². The number of unbranched alkanes of at least 4 members (excludes halogenated alkanes) is 20. The maximum Gasteiger partial charge on any atom is 0.472 e. The van der Waals surface area contributed by atoms with Gasteiger partial charge in [-0.25, -0.2) is 4.57 Å². The molecule has 0 fully saturated rings. The molecule has 498 valence electrons. The van der Waals surface area contributed by atoms with E-state index in [1.54, 1.807) is 0 Å². The molecule has 0 saturated carbocycles. The van der Waals surface area contributed by atoms with Crippen LogP contribution in [-0.2, 0) is 32.7 Å². The Bertz CT molecular complexity index is 2090. The molecule has 2 unspecified atom stereocenters. The summed E-state index contributed by atoms with van der Waals surface area (Å²) in [7, 11) is 1.45. The number of hydrogen-bond donors (Lipinski definition) is 1. The van der Waals surface area contributed by atoms with E-state index in [1.165, 1.54) is 77.0 Å². The van der Waals surface area contributed by atoms with Crippen molar-refractivity contribution in [1.82, 2.24) is 0 Å². The number of ether oxygens (including phenoxy) is 2. The van der Waals surface area contributed by atoms with Gasteiger partial charge in [-0.15, -0.1) is 0 Å². The van der Waals surface area contributed by atoms with Gasteiger partial charge in [-0.05, 0) is 128 Å². The number of carbonyl (C=O) groups excluding carboxylic acids is 2. The first kappa shape index (κ1) is 83.4. The van der Waals surface area contributed by atoms with Crippen LogP contribution in [0.15, 0.2) is 170 Å². The van der Waals surface area contributed by atoms with Crippen LogP contribution in [0.4, 0.5) is 0 Å². The normalized spacial score (nSPS) is 14.2. The molecule has 10 heteroatoms. The second kappa shape index (κ2) is 66.8. The van der Waals surface area contributed by atoms with Gasteiger partial charge >= 0.3 is 19.8 Å². The molecule has 0 aromatic carbocycles. The Morgan fingerprint density at radius 1 is 0.352 bits per heavy atom. The smallest absolute Gasteiger partial charge is 0.462 e. The van der Waals surface area contributed by atoms with Gasteiger partial charge in [0.2, 0.25) is 0 Å². The summed E-state index contributed by atoms with van der Waals surface area (Å²) in [5.41, 5.74) is 0. The molecule has 2 atom stereocenters. The molecule has 0 aromatic heterocycles. The first-order chi connectivity index (χ1) is 43.0. The number of likely N-dealkylation sites (N-methyl/N-ethyl adjacent to an activating group) is 1. The molecule has 0 aliphatic rings. The van der Waals surface area contributed by atoms with E-state index in [1.807, 2.05) is 21.1 Å². The maximum atomic E-state index is 12.9. The van der Waals surface area contributed by atoms with Crippen molar-refractivity contribution in [3.63, 3.8) is 0 Å². The first-order valence-electron chi connectivity index (χ1n) is 34.9. The zero-order valence-corrected chi connectivity index (χ0v) is 57.5. The lowest BCUT2D eigenvalue weighted by Crippen LogP contribution is -2.37. The number of rotatable bonds is 62. The van der Waals surface area contributed by atoms with E-state index in [0.717, 1.165) is 141 Å². The van der Waals surface area contributed by atoms with Crippen LogP contribution in [0, 0.1) is 0 Å². The molecule has 0 bridgehead atoms. The van der Waals surface area contributed by atoms with E-state index in [0.29, 0.717) is 23.9 Å². The fraction of sp³-hybridized carbons (Fsp3) is 0.615. The van der Waals surface area contributed by atoms with Gasteiger partial charge in [0, 0.05) is 12.8 Å². The highest BCUT2D eigenvalue weighted by atomic mass is 31.2. The molecule has 0 amide bonds. The third kappa shape index (κ3) is 70.5. The molecule has 1 N–H and O–H groups in total. The van der Waals surface area contributed by atoms with Crippen molar-refractivity contribution in [3.8, 4) is 0 Å². The number of carbonyl (C=O) groups is 2. The Labute approximate surface area is 540 Å². The van der Waals surface area contributed by atoms with Gasteiger partial charge in [0.1, 0.15) is 19.8 Å². The Morgan fingerprint density at radius 2 is 0.614 bits per heavy atom. The Hall–Kier alpha value is -4.63. The van der Waals surface area contributed by atoms with Crippen molar-refractivity contribution in [2.45, 2.75) is 264 Å². The Morgan fingerprint density at radius 3 is 0.909 bits per heavy atom. The lowest BCUT2D eigenvalue weighted by molar-refractivity contribution is -0.870. The van der Waals surface area contributed by atoms with Gasteiger partial charge in [0.05, 0.1) is 27.7 Å². The standard InChI is InChI=1S/C78H128NO8P/c1-6-8-10-12-14-16-18-20-22-24-26-28-30-32-34-35-36-37-38-39-40-41-42-43-45-47-49-51-53-55-57-59-61-63-65-67-69-71-78(81)87-76(75-86-88(82,83)85-73-72-79(3,4)5)74-84-77(80)70-68-66-64-62-60-58-56-54-52-50-48-46-44-33-31-29-27-25-23-21-19-17-15-13-11-9-7-2/h8-11,14-17,20-23,26-29,32-34,36-37,39-40,44,48,50,54,56,76H,6-7,12-13,18-19,24-25,30-31,35,38,41-43,45-47,49,51-53,55,57-75H2,1-5H3/p+1/b10-8-,11-9-,16-14-,17-15-,22-20-,23-21-,28-26-,29-27-,34-32-,37-36-,40-39-,44-33-,50-48-,56-54-. The molecule has 0 saturated heterocycles. The van der Waals surface area contributed by atoms with E-state index >= 15 is 0 Å². The number of esters is 2. The summed E-state index contributed by atoms with van der Waals surface area (Å²) in [4.78, 5) is 35.9. The zero-order chi connectivity index (χ0) is 64.1. The summed E-state index contributed by atoms with van der Waals surface area (Å²) in [6, 6.07) is 0. The third-order valence-electron chi connectivity index (χ3n) is 14.2. The average Bonchev–Trinajstić information content (AvgIpc) is 3.68. The van der Waals surface area contributed by atoms with Crippen LogP contribution >= 0.6 is 7.82 Å². The zero-order valence-electron chi connectivity index (χ0n) is 56.6. The summed E-state index contributed by atoms with van der Waals surface area (Å²) in [5.74, 6) is -0.827. The number of hydrogen-bond acceptors (Lipinski definition) is 7. The number of phosphoric acid groups is 1. The van der Waals surface area contributed by atoms with Crippen LogP contribution in [0.25, 0.3) is 0 Å². The summed E-state index contributed by atoms with van der Waals surface area (Å²) in [6.45, 7) is 4.17. The lowest BCUT2D eigenvalue weighted by Gasteiger charge is -2.24. The average molecular weight is 1240 g/mol. The largest absolute Gasteiger partial charge is 0.472 e. The van der Waals surface area contributed by atoms with Crippen molar-refractivity contribution in [3.05, 3.63) is 170 Å². The predicted octanol–water partition coefficient (Wildman–Crippen LogP) is 22.9. The van der Waals surface area contributed by atoms with Crippen LogP contribution in [0.5, 0.6) is 0 Å². The molecule has 88 heavy (non-hydrogen) atoms. The number of phosphoric ester groups is 1. The van der Waals surface area contributed by atoms with E-state index in [9.17, 15) is 19.0 Å². The Balaban J connectivity index is 4.12. The number of allylic oxidation sites excluding steroid dienone is 28. The maximum absolute atomic E-state index is 12.9. The van der Waals surface area contributed by atoms with Crippen LogP contribution in [-0.4, -0.2) is 74.9 Å². The van der Waals surface area contributed by atoms with Crippen molar-refractivity contribution in [1.29, 1.82) is 0 Å². The fourth-order valence-electron chi connectivity index (χ4n) is 8.98. The molecule has 0 heterocycles. The topological polar surface area (TPSA) is 108 Å². The van der Waals surface area contributed by atoms with E-state index in [2.05, 4.69) is 184 Å². The predicted molar refractivity (Wildman–Crippen MR) is 380 cm³/mol. The highest BCUT2D eigenvalue weighted by Gasteiger charge is 2.27. The molecule has 0 aromatic rings. The summed E-state index contributed by atoms with van der Waals surface area (Å²) < 4.78 is 34.7. The van der Waals surface area contributed by atoms with Gasteiger partial charge in [-0.1, -0.05) is 287 Å². The van der Waals surface area contributed by atoms with Crippen molar-refractivity contribution < 1.29 is 42.1 Å². The number of nitrogens with zero attached hydrogens (tertiary/aromatic N) is 1. The SMILES string of the molecule is CC/C=C\C/C=C\C/C=C\C/C=C\C/C=C\C/C=C\C/C=C\CCCCCCCCCCCCCCCCCC(=O)OC(COC(=O)CCCCCCC/C=C\C/C=C\C/C=C\C/C=C\C/C=C\C/C=C\C/C=C\CC)COP(=O)(O)OCC[N+](C)(C)C. The minimum Gasteiger partial charge on any atom is -0.462 e. The molecular weight excluding hydrogens is 1110 g/mol. The monoisotopic (exact) mass is 1240 g/mol. The van der Waals surface area contributed by atoms with Gasteiger partial charge in [0.25, 0.3) is 0 Å². The summed E-state index contributed by atoms with van der Waals surface area (Å²) >= 11 is 0. The minimum atomic E-state index is -4.41. The molecule has 0 spiro atoms. The summed E-state index contributed by atoms with van der Waals surface area (Å²) in [5, 5.41) is 0. The van der Waals surface area contributed by atoms with Crippen LogP contribution < -0.4 is 0 Å². The van der Waals surface area contributed by atoms with Gasteiger partial charge in [-0.3, -0.25) is 18.6 Å². The van der Waals surface area contributed by atoms with Crippen molar-refractivity contribution >= 4 is 19.8 Å². The quantitative estimate of drug-likeness (QED) is 0.0211. The highest BCUT2D eigenvalue weighted by molar-refractivity contribution is 7.47. The van der Waals surface area contributed by atoms with E-state index < -0.39 is 26.5 Å². The highest BCUT2D eigenvalue weighted by Crippen LogP contribution is 2.43. The summed E-state index contributed by atoms with van der Waals surface area (Å²) in [6.07, 6.45) is 102. The second-order valence-corrected chi connectivity index (χ2v) is 25.3. The van der Waals surface area contributed by atoms with E-state index in [-0.39, 0.29) is 32.0 Å². The van der Waals surface area contributed by atoms with Gasteiger partial charge < -0.3 is 18.9 Å². The Kier molecular flexibility index (Phi) is 63.3.